The average molecular weight is 334 g/mol. The largest absolute Gasteiger partial charge is 0.361 e. The quantitative estimate of drug-likeness (QED) is 0.937. The summed E-state index contributed by atoms with van der Waals surface area (Å²) in [6.45, 7) is 8.94. The summed E-state index contributed by atoms with van der Waals surface area (Å²) in [7, 11) is 0. The van der Waals surface area contributed by atoms with Crippen molar-refractivity contribution in [2.45, 2.75) is 26.8 Å². The number of amides is 2. The van der Waals surface area contributed by atoms with E-state index in [1.54, 1.807) is 11.3 Å². The Morgan fingerprint density at radius 2 is 2.09 bits per heavy atom. The normalized spacial score (nSPS) is 16.5. The number of aryl methyl sites for hydroxylation is 2. The third-order valence-electron chi connectivity index (χ3n) is 4.25. The van der Waals surface area contributed by atoms with E-state index < -0.39 is 0 Å². The van der Waals surface area contributed by atoms with Gasteiger partial charge in [-0.3, -0.25) is 0 Å². The van der Waals surface area contributed by atoms with E-state index in [9.17, 15) is 4.79 Å². The second-order valence-corrected chi connectivity index (χ2v) is 6.76. The predicted molar refractivity (Wildman–Crippen MR) is 91.0 cm³/mol. The van der Waals surface area contributed by atoms with Gasteiger partial charge in [-0.15, -0.1) is 11.3 Å². The van der Waals surface area contributed by atoms with Crippen LogP contribution in [-0.2, 0) is 0 Å². The highest BCUT2D eigenvalue weighted by atomic mass is 32.1. The second kappa shape index (κ2) is 6.62. The van der Waals surface area contributed by atoms with Crippen molar-refractivity contribution in [1.29, 1.82) is 0 Å². The molecule has 3 heterocycles. The van der Waals surface area contributed by atoms with Gasteiger partial charge in [0.2, 0.25) is 0 Å². The van der Waals surface area contributed by atoms with Gasteiger partial charge in [0.25, 0.3) is 0 Å². The number of rotatable bonds is 3. The molecule has 2 amide bonds. The first kappa shape index (κ1) is 15.9. The van der Waals surface area contributed by atoms with Gasteiger partial charge in [-0.05, 0) is 38.3 Å². The van der Waals surface area contributed by atoms with Crippen molar-refractivity contribution in [2.24, 2.45) is 0 Å². The SMILES string of the molecule is Cc1noc(C)c1[C@@H](C)NC(=O)N1CCN(c2cccs2)CC1. The van der Waals surface area contributed by atoms with Gasteiger partial charge < -0.3 is 19.6 Å². The van der Waals surface area contributed by atoms with Crippen LogP contribution in [-0.4, -0.2) is 42.3 Å². The van der Waals surface area contributed by atoms with Crippen molar-refractivity contribution in [3.05, 3.63) is 34.5 Å². The van der Waals surface area contributed by atoms with Gasteiger partial charge in [0, 0.05) is 31.7 Å². The maximum atomic E-state index is 12.5. The first-order valence-corrected chi connectivity index (χ1v) is 8.71. The fourth-order valence-electron chi connectivity index (χ4n) is 3.04. The Morgan fingerprint density at radius 3 is 2.65 bits per heavy atom. The molecule has 1 saturated heterocycles. The van der Waals surface area contributed by atoms with Gasteiger partial charge in [-0.2, -0.15) is 0 Å². The molecular formula is C16H22N4O2S. The molecule has 6 nitrogen and oxygen atoms in total. The predicted octanol–water partition coefficient (Wildman–Crippen LogP) is 2.95. The lowest BCUT2D eigenvalue weighted by Crippen LogP contribution is -2.52. The van der Waals surface area contributed by atoms with Gasteiger partial charge in [-0.1, -0.05) is 5.16 Å². The number of aromatic nitrogens is 1. The van der Waals surface area contributed by atoms with Crippen molar-refractivity contribution >= 4 is 22.4 Å². The van der Waals surface area contributed by atoms with Crippen molar-refractivity contribution < 1.29 is 9.32 Å². The molecular weight excluding hydrogens is 312 g/mol. The molecule has 0 aliphatic carbocycles. The summed E-state index contributed by atoms with van der Waals surface area (Å²) in [4.78, 5) is 16.7. The molecule has 1 aliphatic rings. The zero-order valence-corrected chi connectivity index (χ0v) is 14.5. The third kappa shape index (κ3) is 3.34. The van der Waals surface area contributed by atoms with E-state index in [0.717, 1.165) is 43.2 Å². The van der Waals surface area contributed by atoms with E-state index in [1.807, 2.05) is 25.7 Å². The summed E-state index contributed by atoms with van der Waals surface area (Å²) in [5.74, 6) is 0.762. The molecule has 2 aromatic rings. The van der Waals surface area contributed by atoms with Crippen LogP contribution in [0, 0.1) is 13.8 Å². The Balaban J connectivity index is 1.55. The number of nitrogens with zero attached hydrogens (tertiary/aromatic N) is 3. The highest BCUT2D eigenvalue weighted by Gasteiger charge is 2.24. The van der Waals surface area contributed by atoms with E-state index in [2.05, 4.69) is 32.9 Å². The molecule has 0 bridgehead atoms. The molecule has 0 aromatic carbocycles. The van der Waals surface area contributed by atoms with E-state index in [1.165, 1.54) is 5.00 Å². The van der Waals surface area contributed by atoms with Gasteiger partial charge in [0.15, 0.2) is 0 Å². The van der Waals surface area contributed by atoms with E-state index >= 15 is 0 Å². The zero-order valence-electron chi connectivity index (χ0n) is 13.7. The Hall–Kier alpha value is -2.02. The summed E-state index contributed by atoms with van der Waals surface area (Å²) >= 11 is 1.74. The molecule has 0 saturated carbocycles. The minimum absolute atomic E-state index is 0.0247. The summed E-state index contributed by atoms with van der Waals surface area (Å²) in [5.41, 5.74) is 1.80. The molecule has 3 rings (SSSR count). The van der Waals surface area contributed by atoms with Crippen molar-refractivity contribution in [3.63, 3.8) is 0 Å². The minimum Gasteiger partial charge on any atom is -0.361 e. The molecule has 1 N–H and O–H groups in total. The smallest absolute Gasteiger partial charge is 0.317 e. The number of hydrogen-bond donors (Lipinski definition) is 1. The summed E-state index contributed by atoms with van der Waals surface area (Å²) in [6.07, 6.45) is 0. The fourth-order valence-corrected chi connectivity index (χ4v) is 3.82. The highest BCUT2D eigenvalue weighted by molar-refractivity contribution is 7.14. The molecule has 0 unspecified atom stereocenters. The van der Waals surface area contributed by atoms with Crippen LogP contribution in [0.1, 0.15) is 30.0 Å². The van der Waals surface area contributed by atoms with E-state index in [4.69, 9.17) is 4.52 Å². The van der Waals surface area contributed by atoms with Crippen LogP contribution in [0.25, 0.3) is 0 Å². The number of carbonyl (C=O) groups is 1. The molecule has 1 aliphatic heterocycles. The Bertz CT molecular complexity index is 640. The zero-order chi connectivity index (χ0) is 16.4. The van der Waals surface area contributed by atoms with Crippen LogP contribution in [0.5, 0.6) is 0 Å². The number of carbonyl (C=O) groups excluding carboxylic acids is 1. The molecule has 23 heavy (non-hydrogen) atoms. The Labute approximate surface area is 140 Å². The standard InChI is InChI=1S/C16H22N4O2S/c1-11(15-12(2)18-22-13(15)3)17-16(21)20-8-6-19(7-9-20)14-5-4-10-23-14/h4-5,10-11H,6-9H2,1-3H3,(H,17,21)/t11-/m1/s1. The second-order valence-electron chi connectivity index (χ2n) is 5.83. The Morgan fingerprint density at radius 1 is 1.35 bits per heavy atom. The molecule has 1 fully saturated rings. The maximum Gasteiger partial charge on any atom is 0.317 e. The number of piperazine rings is 1. The number of hydrogen-bond acceptors (Lipinski definition) is 5. The monoisotopic (exact) mass is 334 g/mol. The Kier molecular flexibility index (Phi) is 4.56. The van der Waals surface area contributed by atoms with Crippen molar-refractivity contribution in [1.82, 2.24) is 15.4 Å². The molecule has 7 heteroatoms. The number of urea groups is 1. The lowest BCUT2D eigenvalue weighted by Gasteiger charge is -2.35. The molecule has 124 valence electrons. The molecule has 2 aromatic heterocycles. The highest BCUT2D eigenvalue weighted by Crippen LogP contribution is 2.23. The van der Waals surface area contributed by atoms with Crippen LogP contribution in [0.2, 0.25) is 0 Å². The van der Waals surface area contributed by atoms with Crippen molar-refractivity contribution in [3.8, 4) is 0 Å². The van der Waals surface area contributed by atoms with Crippen LogP contribution in [0.4, 0.5) is 9.80 Å². The average Bonchev–Trinajstić information content (AvgIpc) is 3.17. The van der Waals surface area contributed by atoms with Crippen LogP contribution in [0.3, 0.4) is 0 Å². The minimum atomic E-state index is -0.107. The molecule has 0 radical (unpaired) electrons. The number of anilines is 1. The topological polar surface area (TPSA) is 61.6 Å². The fraction of sp³-hybridized carbons (Fsp3) is 0.500. The summed E-state index contributed by atoms with van der Waals surface area (Å²) in [5, 5.41) is 10.4. The van der Waals surface area contributed by atoms with Gasteiger partial charge in [0.1, 0.15) is 5.76 Å². The summed E-state index contributed by atoms with van der Waals surface area (Å²) < 4.78 is 5.18. The van der Waals surface area contributed by atoms with Gasteiger partial charge >= 0.3 is 6.03 Å². The first-order chi connectivity index (χ1) is 11.1. The number of thiophene rings is 1. The lowest BCUT2D eigenvalue weighted by molar-refractivity contribution is 0.191. The van der Waals surface area contributed by atoms with Crippen LogP contribution in [0.15, 0.2) is 22.0 Å². The van der Waals surface area contributed by atoms with Gasteiger partial charge in [0.05, 0.1) is 16.7 Å². The van der Waals surface area contributed by atoms with E-state index in [0.29, 0.717) is 0 Å². The number of nitrogens with one attached hydrogen (secondary N) is 1. The first-order valence-electron chi connectivity index (χ1n) is 7.83. The van der Waals surface area contributed by atoms with E-state index in [-0.39, 0.29) is 12.1 Å². The van der Waals surface area contributed by atoms with Crippen LogP contribution >= 0.6 is 11.3 Å². The maximum absolute atomic E-state index is 12.5. The van der Waals surface area contributed by atoms with Crippen LogP contribution < -0.4 is 10.2 Å². The van der Waals surface area contributed by atoms with Gasteiger partial charge in [-0.25, -0.2) is 4.79 Å². The molecule has 0 spiro atoms. The lowest BCUT2D eigenvalue weighted by atomic mass is 10.1. The van der Waals surface area contributed by atoms with Crippen molar-refractivity contribution in [2.75, 3.05) is 31.1 Å². The molecule has 1 atom stereocenters. The summed E-state index contributed by atoms with van der Waals surface area (Å²) in [6, 6.07) is 4.05. The third-order valence-corrected chi connectivity index (χ3v) is 5.18.